The SMILES string of the molecule is COc1ccc(C(=O)Nc2ccc3nc4c(OC)cc([C@@H]5c6cc7c(cc6C[C@H]6COC(=O)[C@@H]65)OCO7)cc4nc3c2)cc1. The highest BCUT2D eigenvalue weighted by Crippen LogP contribution is 2.51. The number of hydrogen-bond acceptors (Lipinski definition) is 9. The molecular weight excluding hydrogens is 562 g/mol. The molecule has 2 aliphatic heterocycles. The van der Waals surface area contributed by atoms with Gasteiger partial charge in [-0.05, 0) is 89.8 Å². The van der Waals surface area contributed by atoms with Crippen molar-refractivity contribution in [3.05, 3.63) is 89.0 Å². The van der Waals surface area contributed by atoms with Crippen molar-refractivity contribution in [1.29, 1.82) is 0 Å². The zero-order valence-corrected chi connectivity index (χ0v) is 24.0. The average Bonchev–Trinajstić information content (AvgIpc) is 3.66. The van der Waals surface area contributed by atoms with E-state index in [1.54, 1.807) is 50.6 Å². The first-order valence-corrected chi connectivity index (χ1v) is 14.3. The number of benzene rings is 4. The molecular formula is C34H27N3O7. The third-order valence-corrected chi connectivity index (χ3v) is 8.75. The molecule has 1 aromatic heterocycles. The molecule has 220 valence electrons. The van der Waals surface area contributed by atoms with Crippen molar-refractivity contribution in [2.24, 2.45) is 11.8 Å². The van der Waals surface area contributed by atoms with Crippen LogP contribution in [-0.2, 0) is 16.0 Å². The van der Waals surface area contributed by atoms with Gasteiger partial charge in [-0.2, -0.15) is 0 Å². The van der Waals surface area contributed by atoms with E-state index < -0.39 is 0 Å². The number of nitrogens with zero attached hydrogens (tertiary/aromatic N) is 2. The Kier molecular flexibility index (Phi) is 6.04. The van der Waals surface area contributed by atoms with Gasteiger partial charge in [0.1, 0.15) is 17.0 Å². The van der Waals surface area contributed by atoms with Gasteiger partial charge in [-0.3, -0.25) is 9.59 Å². The molecule has 1 amide bonds. The lowest BCUT2D eigenvalue weighted by Crippen LogP contribution is -2.31. The number of carbonyl (C=O) groups excluding carboxylic acids is 2. The highest BCUT2D eigenvalue weighted by atomic mass is 16.7. The van der Waals surface area contributed by atoms with E-state index in [9.17, 15) is 9.59 Å². The summed E-state index contributed by atoms with van der Waals surface area (Å²) in [5.74, 6) is 1.56. The molecule has 44 heavy (non-hydrogen) atoms. The van der Waals surface area contributed by atoms with E-state index in [2.05, 4.69) is 5.32 Å². The van der Waals surface area contributed by atoms with Crippen molar-refractivity contribution in [2.75, 3.05) is 32.9 Å². The summed E-state index contributed by atoms with van der Waals surface area (Å²) in [7, 11) is 3.18. The number of aromatic nitrogens is 2. The van der Waals surface area contributed by atoms with Gasteiger partial charge in [0.05, 0.1) is 43.3 Å². The molecule has 0 unspecified atom stereocenters. The van der Waals surface area contributed by atoms with Crippen LogP contribution >= 0.6 is 0 Å². The van der Waals surface area contributed by atoms with Crippen molar-refractivity contribution in [3.63, 3.8) is 0 Å². The average molecular weight is 590 g/mol. The van der Waals surface area contributed by atoms with Crippen LogP contribution in [0.15, 0.2) is 66.7 Å². The third kappa shape index (κ3) is 4.24. The number of amides is 1. The summed E-state index contributed by atoms with van der Waals surface area (Å²) in [4.78, 5) is 35.8. The quantitative estimate of drug-likeness (QED) is 0.216. The fraction of sp³-hybridized carbons (Fsp3) is 0.235. The summed E-state index contributed by atoms with van der Waals surface area (Å²) in [6.45, 7) is 0.556. The maximum Gasteiger partial charge on any atom is 0.310 e. The van der Waals surface area contributed by atoms with Crippen molar-refractivity contribution in [2.45, 2.75) is 12.3 Å². The van der Waals surface area contributed by atoms with Gasteiger partial charge in [-0.25, -0.2) is 9.97 Å². The molecule has 1 N–H and O–H groups in total. The molecule has 1 aliphatic carbocycles. The highest BCUT2D eigenvalue weighted by molar-refractivity contribution is 6.05. The van der Waals surface area contributed by atoms with E-state index in [-0.39, 0.29) is 36.4 Å². The van der Waals surface area contributed by atoms with E-state index in [0.717, 1.165) is 28.9 Å². The summed E-state index contributed by atoms with van der Waals surface area (Å²) in [5.41, 5.74) is 6.56. The number of rotatable bonds is 5. The number of ether oxygens (including phenoxy) is 5. The Morgan fingerprint density at radius 3 is 2.48 bits per heavy atom. The first-order chi connectivity index (χ1) is 21.5. The smallest absolute Gasteiger partial charge is 0.310 e. The monoisotopic (exact) mass is 589 g/mol. The highest BCUT2D eigenvalue weighted by Gasteiger charge is 2.48. The fourth-order valence-corrected chi connectivity index (χ4v) is 6.63. The van der Waals surface area contributed by atoms with E-state index in [1.807, 2.05) is 30.3 Å². The Morgan fingerprint density at radius 2 is 1.68 bits per heavy atom. The van der Waals surface area contributed by atoms with Crippen molar-refractivity contribution in [1.82, 2.24) is 9.97 Å². The lowest BCUT2D eigenvalue weighted by molar-refractivity contribution is -0.141. The van der Waals surface area contributed by atoms with Gasteiger partial charge >= 0.3 is 5.97 Å². The van der Waals surface area contributed by atoms with Crippen LogP contribution in [0.3, 0.4) is 0 Å². The molecule has 1 saturated heterocycles. The molecule has 4 aromatic carbocycles. The number of anilines is 1. The van der Waals surface area contributed by atoms with E-state index in [1.165, 1.54) is 0 Å². The first-order valence-electron chi connectivity index (χ1n) is 14.3. The predicted molar refractivity (Wildman–Crippen MR) is 161 cm³/mol. The Balaban J connectivity index is 1.21. The second kappa shape index (κ2) is 10.1. The van der Waals surface area contributed by atoms with Crippen LogP contribution in [0, 0.1) is 11.8 Å². The van der Waals surface area contributed by atoms with E-state index in [4.69, 9.17) is 33.7 Å². The Bertz CT molecular complexity index is 1990. The van der Waals surface area contributed by atoms with Crippen molar-refractivity contribution >= 4 is 39.6 Å². The van der Waals surface area contributed by atoms with Gasteiger partial charge in [-0.15, -0.1) is 0 Å². The number of carbonyl (C=O) groups is 2. The Hall–Kier alpha value is -5.38. The van der Waals surface area contributed by atoms with Gasteiger partial charge < -0.3 is 29.0 Å². The number of esters is 1. The van der Waals surface area contributed by atoms with Crippen LogP contribution < -0.4 is 24.3 Å². The number of fused-ring (bicyclic) bond motifs is 5. The number of cyclic esters (lactones) is 1. The molecule has 3 heterocycles. The standard InChI is InChI=1S/C34H27N3O7/c1-40-22-6-3-17(4-7-22)33(38)35-21-5-8-24-25(13-21)36-26-10-19(12-29(41-2)32(26)37-24)30-23-14-28-27(43-16-44-28)11-18(23)9-20-15-42-34(39)31(20)30/h3-8,10-14,20,30-31H,9,15-16H2,1-2H3,(H,35,38)/t20-,30+,31-/m0/s1. The summed E-state index contributed by atoms with van der Waals surface area (Å²) in [6, 6.07) is 20.2. The summed E-state index contributed by atoms with van der Waals surface area (Å²) < 4.78 is 27.9. The molecule has 10 heteroatoms. The Morgan fingerprint density at radius 1 is 0.864 bits per heavy atom. The molecule has 10 nitrogen and oxygen atoms in total. The first kappa shape index (κ1) is 26.3. The number of nitrogens with one attached hydrogen (secondary N) is 1. The predicted octanol–water partition coefficient (Wildman–Crippen LogP) is 5.26. The molecule has 3 atom stereocenters. The maximum atomic E-state index is 13.1. The van der Waals surface area contributed by atoms with Crippen LogP contribution in [0.25, 0.3) is 22.1 Å². The zero-order valence-electron chi connectivity index (χ0n) is 24.0. The van der Waals surface area contributed by atoms with Crippen LogP contribution in [0.5, 0.6) is 23.0 Å². The minimum absolute atomic E-state index is 0.0432. The molecule has 8 rings (SSSR count). The van der Waals surface area contributed by atoms with Gasteiger partial charge in [0, 0.05) is 23.1 Å². The lowest BCUT2D eigenvalue weighted by Gasteiger charge is -2.33. The summed E-state index contributed by atoms with van der Waals surface area (Å²) >= 11 is 0. The van der Waals surface area contributed by atoms with Crippen LogP contribution in [0.4, 0.5) is 5.69 Å². The largest absolute Gasteiger partial charge is 0.497 e. The second-order valence-corrected chi connectivity index (χ2v) is 11.2. The van der Waals surface area contributed by atoms with Crippen molar-refractivity contribution in [3.8, 4) is 23.0 Å². The van der Waals surface area contributed by atoms with Crippen LogP contribution in [0.1, 0.15) is 33.0 Å². The fourth-order valence-electron chi connectivity index (χ4n) is 6.63. The summed E-state index contributed by atoms with van der Waals surface area (Å²) in [5, 5.41) is 2.94. The molecule has 3 aliphatic rings. The second-order valence-electron chi connectivity index (χ2n) is 11.2. The molecule has 0 spiro atoms. The van der Waals surface area contributed by atoms with Gasteiger partial charge in [0.2, 0.25) is 6.79 Å². The molecule has 0 saturated carbocycles. The van der Waals surface area contributed by atoms with E-state index in [0.29, 0.717) is 57.2 Å². The lowest BCUT2D eigenvalue weighted by atomic mass is 9.67. The zero-order chi connectivity index (χ0) is 29.9. The topological polar surface area (TPSA) is 118 Å². The molecule has 0 bridgehead atoms. The minimum Gasteiger partial charge on any atom is -0.497 e. The normalized spacial score (nSPS) is 19.8. The minimum atomic E-state index is -0.349. The van der Waals surface area contributed by atoms with Crippen LogP contribution in [0.2, 0.25) is 0 Å². The summed E-state index contributed by atoms with van der Waals surface area (Å²) in [6.07, 6.45) is 0.721. The third-order valence-electron chi connectivity index (χ3n) is 8.75. The molecule has 5 aromatic rings. The van der Waals surface area contributed by atoms with Gasteiger partial charge in [-0.1, -0.05) is 0 Å². The molecule has 1 fully saturated rings. The van der Waals surface area contributed by atoms with Gasteiger partial charge in [0.15, 0.2) is 11.5 Å². The van der Waals surface area contributed by atoms with Crippen LogP contribution in [-0.4, -0.2) is 49.5 Å². The maximum absolute atomic E-state index is 13.1. The van der Waals surface area contributed by atoms with E-state index >= 15 is 0 Å². The number of methoxy groups -OCH3 is 2. The molecule has 0 radical (unpaired) electrons. The van der Waals surface area contributed by atoms with Gasteiger partial charge in [0.25, 0.3) is 5.91 Å². The van der Waals surface area contributed by atoms with Crippen molar-refractivity contribution < 1.29 is 33.3 Å². The Labute approximate surface area is 251 Å². The number of hydrogen-bond donors (Lipinski definition) is 1.